The van der Waals surface area contributed by atoms with Crippen molar-refractivity contribution in [2.24, 2.45) is 0 Å². The van der Waals surface area contributed by atoms with Gasteiger partial charge >= 0.3 is 0 Å². The highest BCUT2D eigenvalue weighted by molar-refractivity contribution is 6.00. The van der Waals surface area contributed by atoms with Crippen LogP contribution in [0.3, 0.4) is 0 Å². The number of aromatic nitrogens is 1. The number of imide groups is 1. The molecular weight excluding hydrogens is 348 g/mol. The summed E-state index contributed by atoms with van der Waals surface area (Å²) in [5.74, 6) is -0.141. The molecule has 1 aromatic carbocycles. The molecule has 2 N–H and O–H groups in total. The van der Waals surface area contributed by atoms with Crippen molar-refractivity contribution in [3.05, 3.63) is 59.4 Å². The lowest BCUT2D eigenvalue weighted by Gasteiger charge is -2.27. The van der Waals surface area contributed by atoms with Crippen LogP contribution in [-0.4, -0.2) is 33.8 Å². The molecule has 1 saturated heterocycles. The van der Waals surface area contributed by atoms with Crippen LogP contribution >= 0.6 is 0 Å². The number of hydrogen-bond donors (Lipinski definition) is 2. The van der Waals surface area contributed by atoms with Crippen molar-refractivity contribution < 1.29 is 19.2 Å². The van der Waals surface area contributed by atoms with E-state index in [1.165, 1.54) is 0 Å². The van der Waals surface area contributed by atoms with Gasteiger partial charge in [0.05, 0.1) is 6.54 Å². The first-order valence-corrected chi connectivity index (χ1v) is 8.69. The summed E-state index contributed by atoms with van der Waals surface area (Å²) in [7, 11) is 0. The van der Waals surface area contributed by atoms with Gasteiger partial charge < -0.3 is 10.2 Å². The molecule has 4 rings (SSSR count). The lowest BCUT2D eigenvalue weighted by atomic mass is 10.1. The number of hydrogen-bond acceptors (Lipinski definition) is 6. The van der Waals surface area contributed by atoms with Crippen molar-refractivity contribution in [2.75, 3.05) is 0 Å². The van der Waals surface area contributed by atoms with Crippen molar-refractivity contribution in [1.82, 2.24) is 20.7 Å². The molecule has 0 bridgehead atoms. The van der Waals surface area contributed by atoms with Crippen LogP contribution in [0.1, 0.15) is 34.5 Å². The zero-order chi connectivity index (χ0) is 18.8. The minimum Gasteiger partial charge on any atom is -0.405 e. The molecule has 0 spiro atoms. The highest BCUT2D eigenvalue weighted by Crippen LogP contribution is 2.31. The topological polar surface area (TPSA) is 101 Å². The van der Waals surface area contributed by atoms with Crippen LogP contribution in [0, 0.1) is 0 Å². The lowest BCUT2D eigenvalue weighted by molar-refractivity contribution is -0.151. The highest BCUT2D eigenvalue weighted by Gasteiger charge is 2.36. The fourth-order valence-corrected chi connectivity index (χ4v) is 3.18. The van der Waals surface area contributed by atoms with Gasteiger partial charge in [0, 0.05) is 24.7 Å². The Morgan fingerprint density at radius 2 is 2.19 bits per heavy atom. The summed E-state index contributed by atoms with van der Waals surface area (Å²) in [4.78, 5) is 45.2. The van der Waals surface area contributed by atoms with Gasteiger partial charge in [-0.15, -0.1) is 5.06 Å². The molecule has 0 saturated carbocycles. The molecule has 2 aliphatic rings. The fraction of sp³-hybridized carbons (Fsp3) is 0.263. The fourth-order valence-electron chi connectivity index (χ4n) is 3.18. The van der Waals surface area contributed by atoms with Gasteiger partial charge in [0.2, 0.25) is 11.8 Å². The third-order valence-electron chi connectivity index (χ3n) is 4.58. The van der Waals surface area contributed by atoms with E-state index in [4.69, 9.17) is 4.84 Å². The van der Waals surface area contributed by atoms with Gasteiger partial charge in [-0.1, -0.05) is 12.1 Å². The Labute approximate surface area is 155 Å². The number of nitrogens with one attached hydrogen (secondary N) is 2. The van der Waals surface area contributed by atoms with Crippen molar-refractivity contribution >= 4 is 17.7 Å². The van der Waals surface area contributed by atoms with Gasteiger partial charge in [0.15, 0.2) is 5.75 Å². The molecule has 3 heterocycles. The van der Waals surface area contributed by atoms with Gasteiger partial charge in [-0.2, -0.15) is 0 Å². The van der Waals surface area contributed by atoms with Crippen LogP contribution in [0.2, 0.25) is 0 Å². The molecule has 3 amide bonds. The number of pyridine rings is 1. The number of rotatable bonds is 4. The molecule has 1 aromatic heterocycles. The molecule has 2 aliphatic heterocycles. The molecule has 1 unspecified atom stereocenters. The second-order valence-corrected chi connectivity index (χ2v) is 6.47. The van der Waals surface area contributed by atoms with E-state index in [9.17, 15) is 14.4 Å². The minimum atomic E-state index is -0.484. The van der Waals surface area contributed by atoms with Gasteiger partial charge in [-0.05, 0) is 36.2 Å². The Hall–Kier alpha value is -3.26. The lowest BCUT2D eigenvalue weighted by Crippen LogP contribution is -2.52. The summed E-state index contributed by atoms with van der Waals surface area (Å²) >= 11 is 0. The summed E-state index contributed by atoms with van der Waals surface area (Å²) < 4.78 is 0. The Bertz CT molecular complexity index is 900. The molecule has 0 aliphatic carbocycles. The standard InChI is InChI=1S/C19H18N4O4/c24-17-7-5-15(19(26)22-17)23-11-13-9-12(4-6-16(13)27-23)10-21-18(25)14-3-1-2-8-20-14/h1-4,6,8-9,15H,5,7,10-11H2,(H,21,25)(H,22,24,26). The predicted molar refractivity (Wildman–Crippen MR) is 94.2 cm³/mol. The van der Waals surface area contributed by atoms with Crippen molar-refractivity contribution in [3.8, 4) is 5.75 Å². The summed E-state index contributed by atoms with van der Waals surface area (Å²) in [6.07, 6.45) is 2.31. The Morgan fingerprint density at radius 1 is 1.30 bits per heavy atom. The Morgan fingerprint density at radius 3 is 2.96 bits per heavy atom. The first-order valence-electron chi connectivity index (χ1n) is 8.69. The number of hydroxylamine groups is 2. The molecule has 2 aromatic rings. The van der Waals surface area contributed by atoms with Crippen LogP contribution in [0.5, 0.6) is 5.75 Å². The van der Waals surface area contributed by atoms with Crippen LogP contribution in [0.4, 0.5) is 0 Å². The number of carbonyl (C=O) groups excluding carboxylic acids is 3. The SMILES string of the molecule is O=C1CCC(N2Cc3cc(CNC(=O)c4ccccn4)ccc3O2)C(=O)N1. The van der Waals surface area contributed by atoms with Gasteiger partial charge in [0.1, 0.15) is 11.7 Å². The Kier molecular flexibility index (Phi) is 4.55. The number of nitrogens with zero attached hydrogens (tertiary/aromatic N) is 2. The van der Waals surface area contributed by atoms with Crippen LogP contribution in [-0.2, 0) is 22.7 Å². The molecular formula is C19H18N4O4. The Balaban J connectivity index is 1.39. The average Bonchev–Trinajstić information content (AvgIpc) is 3.09. The number of benzene rings is 1. The van der Waals surface area contributed by atoms with Crippen molar-refractivity contribution in [1.29, 1.82) is 0 Å². The first-order chi connectivity index (χ1) is 13.1. The van der Waals surface area contributed by atoms with Crippen LogP contribution in [0.25, 0.3) is 0 Å². The molecule has 1 atom stereocenters. The summed E-state index contributed by atoms with van der Waals surface area (Å²) in [6.45, 7) is 0.810. The quantitative estimate of drug-likeness (QED) is 0.781. The number of fused-ring (bicyclic) bond motifs is 1. The van der Waals surface area contributed by atoms with E-state index in [1.54, 1.807) is 29.5 Å². The second-order valence-electron chi connectivity index (χ2n) is 6.47. The summed E-state index contributed by atoms with van der Waals surface area (Å²) in [6, 6.07) is 10.3. The van der Waals surface area contributed by atoms with E-state index in [2.05, 4.69) is 15.6 Å². The van der Waals surface area contributed by atoms with E-state index in [1.807, 2.05) is 18.2 Å². The van der Waals surface area contributed by atoms with E-state index in [0.717, 1.165) is 11.1 Å². The molecule has 138 valence electrons. The zero-order valence-electron chi connectivity index (χ0n) is 14.5. The molecule has 0 radical (unpaired) electrons. The van der Waals surface area contributed by atoms with Gasteiger partial charge in [0.25, 0.3) is 5.91 Å². The maximum Gasteiger partial charge on any atom is 0.270 e. The van der Waals surface area contributed by atoms with Crippen LogP contribution < -0.4 is 15.5 Å². The van der Waals surface area contributed by atoms with E-state index < -0.39 is 6.04 Å². The highest BCUT2D eigenvalue weighted by atomic mass is 16.7. The molecule has 8 nitrogen and oxygen atoms in total. The maximum atomic E-state index is 12.1. The van der Waals surface area contributed by atoms with Crippen LogP contribution in [0.15, 0.2) is 42.6 Å². The predicted octanol–water partition coefficient (Wildman–Crippen LogP) is 0.926. The molecule has 27 heavy (non-hydrogen) atoms. The van der Waals surface area contributed by atoms with E-state index >= 15 is 0 Å². The largest absolute Gasteiger partial charge is 0.405 e. The number of amides is 3. The van der Waals surface area contributed by atoms with E-state index in [0.29, 0.717) is 37.4 Å². The monoisotopic (exact) mass is 366 g/mol. The number of piperidine rings is 1. The van der Waals surface area contributed by atoms with Crippen molar-refractivity contribution in [2.45, 2.75) is 32.0 Å². The van der Waals surface area contributed by atoms with Gasteiger partial charge in [-0.3, -0.25) is 24.7 Å². The third-order valence-corrected chi connectivity index (χ3v) is 4.58. The smallest absolute Gasteiger partial charge is 0.270 e. The summed E-state index contributed by atoms with van der Waals surface area (Å²) in [5.41, 5.74) is 2.22. The average molecular weight is 366 g/mol. The molecule has 8 heteroatoms. The van der Waals surface area contributed by atoms with E-state index in [-0.39, 0.29) is 17.7 Å². The van der Waals surface area contributed by atoms with Crippen molar-refractivity contribution in [3.63, 3.8) is 0 Å². The minimum absolute atomic E-state index is 0.238. The first kappa shape index (κ1) is 17.2. The molecule has 1 fully saturated rings. The summed E-state index contributed by atoms with van der Waals surface area (Å²) in [5, 5.41) is 6.78. The maximum absolute atomic E-state index is 12.1. The normalized spacial score (nSPS) is 19.2. The van der Waals surface area contributed by atoms with Gasteiger partial charge in [-0.25, -0.2) is 0 Å². The third kappa shape index (κ3) is 3.65. The second kappa shape index (κ2) is 7.16. The number of carbonyl (C=O) groups is 3. The zero-order valence-corrected chi connectivity index (χ0v) is 14.5.